The number of hydrogen-bond acceptors (Lipinski definition) is 20. The lowest BCUT2D eigenvalue weighted by Gasteiger charge is -2.26. The van der Waals surface area contributed by atoms with Crippen LogP contribution in [0.25, 0.3) is 0 Å². The van der Waals surface area contributed by atoms with Gasteiger partial charge < -0.3 is 57.2 Å². The molecule has 2 aromatic rings. The Labute approximate surface area is 317 Å². The average Bonchev–Trinajstić information content (AvgIpc) is 3.09. The van der Waals surface area contributed by atoms with Crippen molar-refractivity contribution in [3.8, 4) is 11.5 Å². The number of anilines is 2. The van der Waals surface area contributed by atoms with E-state index in [0.29, 0.717) is 0 Å². The molecule has 20 nitrogen and oxygen atoms in total. The normalized spacial score (nSPS) is 10.2. The number of halogens is 2. The molecule has 0 bridgehead atoms. The molecule has 0 saturated carbocycles. The van der Waals surface area contributed by atoms with Crippen LogP contribution in [0.1, 0.15) is 27.7 Å². The molecule has 0 atom stereocenters. The highest BCUT2D eigenvalue weighted by atomic mass is 19.1. The van der Waals surface area contributed by atoms with Gasteiger partial charge in [-0.1, -0.05) is 0 Å². The van der Waals surface area contributed by atoms with Gasteiger partial charge in [-0.05, 0) is 24.3 Å². The van der Waals surface area contributed by atoms with Crippen molar-refractivity contribution in [3.05, 3.63) is 48.0 Å². The van der Waals surface area contributed by atoms with Gasteiger partial charge in [0.25, 0.3) is 0 Å². The van der Waals surface area contributed by atoms with Crippen LogP contribution in [-0.2, 0) is 76.3 Å². The maximum absolute atomic E-state index is 14.4. The fourth-order valence-corrected chi connectivity index (χ4v) is 4.00. The first-order chi connectivity index (χ1) is 26.5. The van der Waals surface area contributed by atoms with E-state index in [9.17, 15) is 47.1 Å². The van der Waals surface area contributed by atoms with E-state index in [1.165, 1.54) is 0 Å². The Hall–Kier alpha value is -6.74. The Bertz CT molecular complexity index is 1530. The van der Waals surface area contributed by atoms with Crippen molar-refractivity contribution in [1.29, 1.82) is 0 Å². The summed E-state index contributed by atoms with van der Waals surface area (Å²) in [7, 11) is 0. The average molecular weight is 801 g/mol. The summed E-state index contributed by atoms with van der Waals surface area (Å²) in [6, 6.07) is 6.12. The van der Waals surface area contributed by atoms with E-state index >= 15 is 0 Å². The quantitative estimate of drug-likeness (QED) is 0.0666. The molecule has 0 aliphatic carbocycles. The number of rotatable bonds is 23. The summed E-state index contributed by atoms with van der Waals surface area (Å²) in [5.74, 6) is -9.01. The fourth-order valence-electron chi connectivity index (χ4n) is 4.00. The zero-order valence-electron chi connectivity index (χ0n) is 30.5. The second kappa shape index (κ2) is 23.8. The Morgan fingerprint density at radius 3 is 0.964 bits per heavy atom. The highest BCUT2D eigenvalue weighted by Gasteiger charge is 2.24. The zero-order valence-corrected chi connectivity index (χ0v) is 30.5. The van der Waals surface area contributed by atoms with E-state index in [1.54, 1.807) is 0 Å². The van der Waals surface area contributed by atoms with Crippen LogP contribution >= 0.6 is 0 Å². The largest absolute Gasteiger partial charge is 0.488 e. The first-order valence-electron chi connectivity index (χ1n) is 16.0. The molecule has 0 aliphatic rings. The van der Waals surface area contributed by atoms with E-state index < -0.39 is 126 Å². The van der Waals surface area contributed by atoms with Gasteiger partial charge in [0.2, 0.25) is 27.2 Å². The summed E-state index contributed by atoms with van der Waals surface area (Å²) in [5, 5.41) is 0. The highest BCUT2D eigenvalue weighted by Crippen LogP contribution is 2.31. The van der Waals surface area contributed by atoms with Gasteiger partial charge in [-0.15, -0.1) is 0 Å². The van der Waals surface area contributed by atoms with Crippen molar-refractivity contribution >= 4 is 59.1 Å². The summed E-state index contributed by atoms with van der Waals surface area (Å²) < 4.78 is 78.0. The van der Waals surface area contributed by atoms with E-state index in [0.717, 1.165) is 73.9 Å². The van der Waals surface area contributed by atoms with Gasteiger partial charge in [-0.2, -0.15) is 0 Å². The third-order valence-electron chi connectivity index (χ3n) is 6.33. The number of benzene rings is 2. The Balaban J connectivity index is 2.29. The van der Waals surface area contributed by atoms with E-state index in [2.05, 4.69) is 18.9 Å². The summed E-state index contributed by atoms with van der Waals surface area (Å²) in [4.78, 5) is 96.5. The number of esters is 8. The minimum absolute atomic E-state index is 0.0441. The summed E-state index contributed by atoms with van der Waals surface area (Å²) in [5.41, 5.74) is -0.0881. The lowest BCUT2D eigenvalue weighted by molar-refractivity contribution is -0.167. The van der Waals surface area contributed by atoms with Gasteiger partial charge in [0.15, 0.2) is 0 Å². The molecule has 56 heavy (non-hydrogen) atoms. The van der Waals surface area contributed by atoms with Crippen LogP contribution in [0.5, 0.6) is 11.5 Å². The minimum atomic E-state index is -0.994. The molecule has 0 spiro atoms. The van der Waals surface area contributed by atoms with Gasteiger partial charge in [-0.25, -0.2) is 8.78 Å². The first-order valence-corrected chi connectivity index (χ1v) is 16.0. The zero-order chi connectivity index (χ0) is 41.6. The lowest BCUT2D eigenvalue weighted by Crippen LogP contribution is -2.37. The third-order valence-corrected chi connectivity index (χ3v) is 6.33. The van der Waals surface area contributed by atoms with Crippen LogP contribution in [0.3, 0.4) is 0 Å². The van der Waals surface area contributed by atoms with Crippen molar-refractivity contribution in [3.63, 3.8) is 0 Å². The van der Waals surface area contributed by atoms with Crippen molar-refractivity contribution in [2.45, 2.75) is 27.7 Å². The molecule has 0 aliphatic heterocycles. The van der Waals surface area contributed by atoms with Crippen LogP contribution < -0.4 is 19.3 Å². The van der Waals surface area contributed by atoms with Gasteiger partial charge in [0.1, 0.15) is 62.5 Å². The Morgan fingerprint density at radius 2 is 0.714 bits per heavy atom. The molecular formula is C34H38F2N2O18. The molecule has 22 heteroatoms. The standard InChI is InChI=1S/C34H38F2N2O18/c1-21(39)49-17-53-31(43)13-37(14-32(44)54-18-50-22(2)40)27-7-5-25(35)11-29(27)47-9-10-48-30-12-26(36)6-8-28(30)38(15-33(45)55-19-51-23(3)41)16-34(46)56-20-52-24(4)42/h5-8,11-12H,9-10,13-20H2,1-4H3. The fraction of sp³-hybridized carbons (Fsp3) is 0.412. The monoisotopic (exact) mass is 800 g/mol. The van der Waals surface area contributed by atoms with Crippen LogP contribution in [0, 0.1) is 11.6 Å². The van der Waals surface area contributed by atoms with E-state index in [4.69, 9.17) is 28.4 Å². The maximum Gasteiger partial charge on any atom is 0.328 e. The molecule has 0 N–H and O–H groups in total. The maximum atomic E-state index is 14.4. The van der Waals surface area contributed by atoms with Gasteiger partial charge in [0.05, 0.1) is 11.4 Å². The molecule has 0 heterocycles. The minimum Gasteiger partial charge on any atom is -0.488 e. The molecule has 0 unspecified atom stereocenters. The lowest BCUT2D eigenvalue weighted by atomic mass is 10.2. The smallest absolute Gasteiger partial charge is 0.328 e. The second-order valence-electron chi connectivity index (χ2n) is 10.7. The van der Waals surface area contributed by atoms with Gasteiger partial charge >= 0.3 is 47.8 Å². The van der Waals surface area contributed by atoms with Crippen LogP contribution in [-0.4, -0.2) is 114 Å². The molecule has 0 aromatic heterocycles. The molecule has 2 aromatic carbocycles. The number of carbonyl (C=O) groups excluding carboxylic acids is 8. The molecule has 0 amide bonds. The molecule has 0 fully saturated rings. The van der Waals surface area contributed by atoms with Crippen molar-refractivity contribution in [2.24, 2.45) is 0 Å². The molecule has 0 radical (unpaired) electrons. The van der Waals surface area contributed by atoms with Gasteiger partial charge in [-0.3, -0.25) is 38.4 Å². The Kier molecular flexibility index (Phi) is 19.3. The van der Waals surface area contributed by atoms with E-state index in [1.807, 2.05) is 0 Å². The number of nitrogens with zero attached hydrogens (tertiary/aromatic N) is 2. The van der Waals surface area contributed by atoms with E-state index in [-0.39, 0.29) is 22.9 Å². The second-order valence-corrected chi connectivity index (χ2v) is 10.7. The van der Waals surface area contributed by atoms with Crippen molar-refractivity contribution in [2.75, 3.05) is 76.4 Å². The highest BCUT2D eigenvalue weighted by molar-refractivity contribution is 5.84. The molecule has 2 rings (SSSR count). The van der Waals surface area contributed by atoms with Crippen LogP contribution in [0.4, 0.5) is 20.2 Å². The molecular weight excluding hydrogens is 762 g/mol. The summed E-state index contributed by atoms with van der Waals surface area (Å²) >= 11 is 0. The summed E-state index contributed by atoms with van der Waals surface area (Å²) in [6.45, 7) is -2.19. The number of hydrogen-bond donors (Lipinski definition) is 0. The SMILES string of the molecule is CC(=O)OCOC(=O)CN(CC(=O)OCOC(C)=O)c1ccc(F)cc1OCCOc1cc(F)ccc1N(CC(=O)OCOC(C)=O)CC(=O)OCOC(C)=O. The summed E-state index contributed by atoms with van der Waals surface area (Å²) in [6.07, 6.45) is 0. The molecule has 0 saturated heterocycles. The predicted molar refractivity (Wildman–Crippen MR) is 179 cm³/mol. The first kappa shape index (κ1) is 45.4. The van der Waals surface area contributed by atoms with Crippen LogP contribution in [0.15, 0.2) is 36.4 Å². The van der Waals surface area contributed by atoms with Crippen LogP contribution in [0.2, 0.25) is 0 Å². The predicted octanol–water partition coefficient (Wildman–Crippen LogP) is 1.29. The topological polar surface area (TPSA) is 235 Å². The third kappa shape index (κ3) is 18.3. The number of carbonyl (C=O) groups is 8. The van der Waals surface area contributed by atoms with Crippen molar-refractivity contribution in [1.82, 2.24) is 0 Å². The van der Waals surface area contributed by atoms with Crippen molar-refractivity contribution < 1.29 is 94.5 Å². The Morgan fingerprint density at radius 1 is 0.446 bits per heavy atom. The number of ether oxygens (including phenoxy) is 10. The molecule has 306 valence electrons. The van der Waals surface area contributed by atoms with Gasteiger partial charge in [0, 0.05) is 39.8 Å².